The maximum Gasteiger partial charge on any atom is 0.407 e. The van der Waals surface area contributed by atoms with Crippen LogP contribution in [0.5, 0.6) is 0 Å². The molecular formula is C23H30N2O6. The number of carbonyl (C=O) groups excluding carboxylic acids is 2. The molecule has 0 aliphatic carbocycles. The van der Waals surface area contributed by atoms with E-state index in [0.717, 1.165) is 5.56 Å². The van der Waals surface area contributed by atoms with Gasteiger partial charge in [0.1, 0.15) is 12.3 Å². The second-order valence-corrected chi connectivity index (χ2v) is 7.76. The number of carboxylic acid groups (broad SMARTS) is 1. The third kappa shape index (κ3) is 7.90. The molecule has 2 amide bonds. The first kappa shape index (κ1) is 24.1. The molecule has 2 rings (SSSR count). The first-order chi connectivity index (χ1) is 14.7. The molecule has 0 aromatic heterocycles. The largest absolute Gasteiger partial charge is 0.481 e. The third-order valence-corrected chi connectivity index (χ3v) is 4.80. The van der Waals surface area contributed by atoms with Crippen LogP contribution in [0.2, 0.25) is 0 Å². The highest BCUT2D eigenvalue weighted by molar-refractivity contribution is 5.88. The Hall–Kier alpha value is -3.13. The molecule has 8 heteroatoms. The van der Waals surface area contributed by atoms with Gasteiger partial charge in [0, 0.05) is 12.1 Å². The Morgan fingerprint density at radius 3 is 2.65 bits per heavy atom. The molecule has 1 saturated heterocycles. The molecule has 2 atom stereocenters. The van der Waals surface area contributed by atoms with Gasteiger partial charge in [-0.3, -0.25) is 9.59 Å². The molecule has 2 N–H and O–H groups in total. The molecule has 31 heavy (non-hydrogen) atoms. The number of ether oxygens (including phenoxy) is 2. The van der Waals surface area contributed by atoms with Gasteiger partial charge in [0.2, 0.25) is 5.91 Å². The van der Waals surface area contributed by atoms with E-state index < -0.39 is 29.9 Å². The van der Waals surface area contributed by atoms with E-state index in [2.05, 4.69) is 5.32 Å². The van der Waals surface area contributed by atoms with E-state index in [0.29, 0.717) is 6.54 Å². The SMILES string of the molecule is C/C=C/C=C/C(=O)N1C[C@@H](C[C@H](CC(=O)O)NC(=O)OCc2ccccc2)OC1(C)C. The lowest BCUT2D eigenvalue weighted by Gasteiger charge is -2.28. The Bertz CT molecular complexity index is 819. The van der Waals surface area contributed by atoms with Crippen molar-refractivity contribution in [3.8, 4) is 0 Å². The minimum absolute atomic E-state index is 0.0836. The van der Waals surface area contributed by atoms with Crippen LogP contribution < -0.4 is 5.32 Å². The Morgan fingerprint density at radius 1 is 1.29 bits per heavy atom. The fraction of sp³-hybridized carbons (Fsp3) is 0.435. The zero-order chi connectivity index (χ0) is 22.9. The third-order valence-electron chi connectivity index (χ3n) is 4.80. The summed E-state index contributed by atoms with van der Waals surface area (Å²) in [5.41, 5.74) is -0.0164. The van der Waals surface area contributed by atoms with Crippen LogP contribution in [0.1, 0.15) is 39.2 Å². The maximum absolute atomic E-state index is 12.5. The van der Waals surface area contributed by atoms with Crippen molar-refractivity contribution >= 4 is 18.0 Å². The number of carboxylic acids is 1. The fourth-order valence-corrected chi connectivity index (χ4v) is 3.40. The first-order valence-electron chi connectivity index (χ1n) is 10.2. The van der Waals surface area contributed by atoms with Gasteiger partial charge in [0.15, 0.2) is 0 Å². The number of alkyl carbamates (subject to hydrolysis) is 1. The number of aliphatic carboxylic acids is 1. The number of allylic oxidation sites excluding steroid dienone is 3. The number of hydrogen-bond acceptors (Lipinski definition) is 5. The summed E-state index contributed by atoms with van der Waals surface area (Å²) in [6.07, 6.45) is 5.52. The van der Waals surface area contributed by atoms with E-state index in [1.165, 1.54) is 6.08 Å². The van der Waals surface area contributed by atoms with Gasteiger partial charge < -0.3 is 24.8 Å². The number of hydrogen-bond donors (Lipinski definition) is 2. The molecule has 0 radical (unpaired) electrons. The summed E-state index contributed by atoms with van der Waals surface area (Å²) in [6.45, 7) is 5.79. The minimum atomic E-state index is -1.05. The van der Waals surface area contributed by atoms with Crippen molar-refractivity contribution in [3.63, 3.8) is 0 Å². The van der Waals surface area contributed by atoms with Gasteiger partial charge in [-0.25, -0.2) is 4.79 Å². The molecule has 1 aliphatic rings. The van der Waals surface area contributed by atoms with Crippen molar-refractivity contribution < 1.29 is 29.0 Å². The summed E-state index contributed by atoms with van der Waals surface area (Å²) >= 11 is 0. The van der Waals surface area contributed by atoms with Gasteiger partial charge in [0.25, 0.3) is 0 Å². The van der Waals surface area contributed by atoms with Crippen LogP contribution in [0.25, 0.3) is 0 Å². The van der Waals surface area contributed by atoms with Crippen LogP contribution in [-0.4, -0.2) is 52.4 Å². The van der Waals surface area contributed by atoms with Crippen LogP contribution in [-0.2, 0) is 25.7 Å². The van der Waals surface area contributed by atoms with Crippen molar-refractivity contribution in [2.24, 2.45) is 0 Å². The van der Waals surface area contributed by atoms with Crippen LogP contribution in [0.15, 0.2) is 54.6 Å². The van der Waals surface area contributed by atoms with Gasteiger partial charge in [-0.2, -0.15) is 0 Å². The maximum atomic E-state index is 12.5. The highest BCUT2D eigenvalue weighted by atomic mass is 16.6. The number of nitrogens with zero attached hydrogens (tertiary/aromatic N) is 1. The van der Waals surface area contributed by atoms with E-state index >= 15 is 0 Å². The van der Waals surface area contributed by atoms with Gasteiger partial charge in [-0.15, -0.1) is 0 Å². The topological polar surface area (TPSA) is 105 Å². The molecule has 0 bridgehead atoms. The summed E-state index contributed by atoms with van der Waals surface area (Å²) in [7, 11) is 0. The molecule has 0 unspecified atom stereocenters. The van der Waals surface area contributed by atoms with Gasteiger partial charge >= 0.3 is 12.1 Å². The highest BCUT2D eigenvalue weighted by Gasteiger charge is 2.42. The molecule has 1 aromatic rings. The molecule has 0 saturated carbocycles. The van der Waals surface area contributed by atoms with Crippen molar-refractivity contribution in [2.45, 2.75) is 58.1 Å². The van der Waals surface area contributed by atoms with Crippen molar-refractivity contribution in [3.05, 3.63) is 60.2 Å². The lowest BCUT2D eigenvalue weighted by Crippen LogP contribution is -2.42. The summed E-state index contributed by atoms with van der Waals surface area (Å²) in [6, 6.07) is 8.49. The quantitative estimate of drug-likeness (QED) is 0.460. The molecule has 0 spiro atoms. The fourth-order valence-electron chi connectivity index (χ4n) is 3.40. The van der Waals surface area contributed by atoms with Crippen LogP contribution in [0.4, 0.5) is 4.79 Å². The molecule has 1 aromatic carbocycles. The first-order valence-corrected chi connectivity index (χ1v) is 10.2. The number of amides is 2. The van der Waals surface area contributed by atoms with Crippen LogP contribution >= 0.6 is 0 Å². The Labute approximate surface area is 182 Å². The number of rotatable bonds is 9. The average molecular weight is 431 g/mol. The predicted octanol–water partition coefficient (Wildman–Crippen LogP) is 3.24. The summed E-state index contributed by atoms with van der Waals surface area (Å²) in [4.78, 5) is 37.5. The molecule has 1 aliphatic heterocycles. The lowest BCUT2D eigenvalue weighted by atomic mass is 10.1. The zero-order valence-electron chi connectivity index (χ0n) is 18.1. The smallest absolute Gasteiger partial charge is 0.407 e. The van der Waals surface area contributed by atoms with Crippen molar-refractivity contribution in [1.82, 2.24) is 10.2 Å². The number of benzene rings is 1. The standard InChI is InChI=1S/C23H30N2O6/c1-4-5-7-12-20(26)25-15-19(31-23(25,2)3)13-18(14-21(27)28)24-22(29)30-16-17-10-8-6-9-11-17/h4-12,18-19H,13-16H2,1-3H3,(H,24,29)(H,27,28)/b5-4+,12-7+/t18-,19-/m1/s1. The van der Waals surface area contributed by atoms with E-state index in [1.807, 2.05) is 43.3 Å². The van der Waals surface area contributed by atoms with E-state index in [4.69, 9.17) is 9.47 Å². The summed E-state index contributed by atoms with van der Waals surface area (Å²) < 4.78 is 11.2. The average Bonchev–Trinajstić information content (AvgIpc) is 3.00. The van der Waals surface area contributed by atoms with E-state index in [9.17, 15) is 19.5 Å². The van der Waals surface area contributed by atoms with Crippen molar-refractivity contribution in [2.75, 3.05) is 6.54 Å². The Kier molecular flexibility index (Phi) is 8.81. The number of nitrogens with one attached hydrogen (secondary N) is 1. The highest BCUT2D eigenvalue weighted by Crippen LogP contribution is 2.29. The van der Waals surface area contributed by atoms with E-state index in [-0.39, 0.29) is 25.4 Å². The molecule has 8 nitrogen and oxygen atoms in total. The van der Waals surface area contributed by atoms with Crippen LogP contribution in [0.3, 0.4) is 0 Å². The van der Waals surface area contributed by atoms with Gasteiger partial charge in [-0.1, -0.05) is 48.6 Å². The second-order valence-electron chi connectivity index (χ2n) is 7.76. The normalized spacial score (nSPS) is 18.9. The monoisotopic (exact) mass is 430 g/mol. The summed E-state index contributed by atoms with van der Waals surface area (Å²) in [5, 5.41) is 11.8. The Balaban J connectivity index is 1.96. The van der Waals surface area contributed by atoms with Crippen LogP contribution in [0, 0.1) is 0 Å². The lowest BCUT2D eigenvalue weighted by molar-refractivity contribution is -0.140. The van der Waals surface area contributed by atoms with Gasteiger partial charge in [-0.05, 0) is 32.8 Å². The molecular weight excluding hydrogens is 400 g/mol. The minimum Gasteiger partial charge on any atom is -0.481 e. The van der Waals surface area contributed by atoms with Crippen molar-refractivity contribution in [1.29, 1.82) is 0 Å². The Morgan fingerprint density at radius 2 is 2.00 bits per heavy atom. The zero-order valence-corrected chi connectivity index (χ0v) is 18.1. The molecule has 1 fully saturated rings. The molecule has 1 heterocycles. The predicted molar refractivity (Wildman–Crippen MR) is 115 cm³/mol. The van der Waals surface area contributed by atoms with E-state index in [1.54, 1.807) is 30.9 Å². The number of carbonyl (C=O) groups is 3. The molecule has 168 valence electrons. The summed E-state index contributed by atoms with van der Waals surface area (Å²) in [5.74, 6) is -1.25. The second kappa shape index (κ2) is 11.3. The van der Waals surface area contributed by atoms with Gasteiger partial charge in [0.05, 0.1) is 19.1 Å².